The zero-order valence-electron chi connectivity index (χ0n) is 12.0. The Morgan fingerprint density at radius 1 is 1.00 bits per heavy atom. The molecule has 0 aliphatic heterocycles. The summed E-state index contributed by atoms with van der Waals surface area (Å²) < 4.78 is 5.66. The molecule has 0 spiro atoms. The summed E-state index contributed by atoms with van der Waals surface area (Å²) in [5.74, 6) is 0.789. The lowest BCUT2D eigenvalue weighted by atomic mass is 10.0. The predicted molar refractivity (Wildman–Crippen MR) is 84.5 cm³/mol. The van der Waals surface area contributed by atoms with Crippen molar-refractivity contribution in [2.75, 3.05) is 6.26 Å². The molecule has 0 saturated carbocycles. The van der Waals surface area contributed by atoms with Crippen LogP contribution in [0, 0.1) is 0 Å². The van der Waals surface area contributed by atoms with E-state index in [0.29, 0.717) is 0 Å². The van der Waals surface area contributed by atoms with Gasteiger partial charge in [-0.1, -0.05) is 24.3 Å². The first-order valence-corrected chi connectivity index (χ1v) is 7.91. The quantitative estimate of drug-likeness (QED) is 0.833. The number of hydrogen-bond donors (Lipinski definition) is 1. The minimum atomic E-state index is -0.624. The van der Waals surface area contributed by atoms with E-state index in [-0.39, 0.29) is 6.10 Å². The molecule has 3 heteroatoms. The molecule has 0 fully saturated rings. The smallest absolute Gasteiger partial charge is 0.120 e. The van der Waals surface area contributed by atoms with E-state index in [2.05, 4.69) is 0 Å². The maximum absolute atomic E-state index is 10.5. The van der Waals surface area contributed by atoms with Crippen LogP contribution in [0.2, 0.25) is 0 Å². The first-order chi connectivity index (χ1) is 9.60. The molecule has 0 aliphatic carbocycles. The number of hydrogen-bond acceptors (Lipinski definition) is 3. The van der Waals surface area contributed by atoms with Crippen molar-refractivity contribution >= 4 is 11.8 Å². The molecule has 0 aromatic heterocycles. The van der Waals surface area contributed by atoms with Crippen molar-refractivity contribution in [3.8, 4) is 5.75 Å². The molecule has 20 heavy (non-hydrogen) atoms. The summed E-state index contributed by atoms with van der Waals surface area (Å²) in [6, 6.07) is 15.6. The fourth-order valence-electron chi connectivity index (χ4n) is 2.01. The maximum atomic E-state index is 10.5. The van der Waals surface area contributed by atoms with E-state index in [1.165, 1.54) is 4.90 Å². The normalized spacial score (nSPS) is 12.4. The summed E-state index contributed by atoms with van der Waals surface area (Å²) in [6.45, 7) is 3.98. The molecule has 1 atom stereocenters. The van der Waals surface area contributed by atoms with E-state index >= 15 is 0 Å². The van der Waals surface area contributed by atoms with Gasteiger partial charge >= 0.3 is 0 Å². The van der Waals surface area contributed by atoms with Crippen LogP contribution in [0.1, 0.15) is 31.1 Å². The van der Waals surface area contributed by atoms with Gasteiger partial charge in [0.25, 0.3) is 0 Å². The Bertz CT molecular complexity index is 549. The fourth-order valence-corrected chi connectivity index (χ4v) is 2.42. The van der Waals surface area contributed by atoms with Crippen LogP contribution in [-0.2, 0) is 0 Å². The first-order valence-electron chi connectivity index (χ1n) is 6.69. The number of ether oxygens (including phenoxy) is 1. The standard InChI is InChI=1S/C17H20O2S/c1-12(2)19-15-6-4-5-14(11-15)17(18)13-7-9-16(20-3)10-8-13/h4-12,17-18H,1-3H3. The summed E-state index contributed by atoms with van der Waals surface area (Å²) in [6.07, 6.45) is 1.54. The van der Waals surface area contributed by atoms with Crippen molar-refractivity contribution in [1.29, 1.82) is 0 Å². The lowest BCUT2D eigenvalue weighted by molar-refractivity contribution is 0.216. The third-order valence-electron chi connectivity index (χ3n) is 2.98. The van der Waals surface area contributed by atoms with Crippen molar-refractivity contribution in [3.63, 3.8) is 0 Å². The molecular formula is C17H20O2S. The lowest BCUT2D eigenvalue weighted by Gasteiger charge is -2.15. The summed E-state index contributed by atoms with van der Waals surface area (Å²) in [5.41, 5.74) is 1.74. The topological polar surface area (TPSA) is 29.5 Å². The highest BCUT2D eigenvalue weighted by Crippen LogP contribution is 2.27. The lowest BCUT2D eigenvalue weighted by Crippen LogP contribution is -2.06. The van der Waals surface area contributed by atoms with Gasteiger partial charge in [-0.05, 0) is 55.5 Å². The Morgan fingerprint density at radius 2 is 1.70 bits per heavy atom. The predicted octanol–water partition coefficient (Wildman–Crippen LogP) is 4.28. The van der Waals surface area contributed by atoms with Crippen LogP contribution in [0.5, 0.6) is 5.75 Å². The van der Waals surface area contributed by atoms with E-state index in [1.807, 2.05) is 68.6 Å². The average Bonchev–Trinajstić information content (AvgIpc) is 2.46. The second kappa shape index (κ2) is 6.82. The van der Waals surface area contributed by atoms with Crippen molar-refractivity contribution < 1.29 is 9.84 Å². The zero-order valence-corrected chi connectivity index (χ0v) is 12.9. The number of aliphatic hydroxyl groups excluding tert-OH is 1. The highest BCUT2D eigenvalue weighted by atomic mass is 32.2. The Labute approximate surface area is 124 Å². The number of aliphatic hydroxyl groups is 1. The minimum Gasteiger partial charge on any atom is -0.491 e. The van der Waals surface area contributed by atoms with Crippen LogP contribution in [0.4, 0.5) is 0 Å². The SMILES string of the molecule is CSc1ccc(C(O)c2cccc(OC(C)C)c2)cc1. The van der Waals surface area contributed by atoms with Crippen LogP contribution in [0.25, 0.3) is 0 Å². The highest BCUT2D eigenvalue weighted by molar-refractivity contribution is 7.98. The summed E-state index contributed by atoms with van der Waals surface area (Å²) in [4.78, 5) is 1.19. The van der Waals surface area contributed by atoms with Crippen molar-refractivity contribution in [3.05, 3.63) is 59.7 Å². The highest BCUT2D eigenvalue weighted by Gasteiger charge is 2.11. The largest absolute Gasteiger partial charge is 0.491 e. The van der Waals surface area contributed by atoms with Gasteiger partial charge in [0.2, 0.25) is 0 Å². The van der Waals surface area contributed by atoms with E-state index < -0.39 is 6.10 Å². The van der Waals surface area contributed by atoms with Gasteiger partial charge in [-0.3, -0.25) is 0 Å². The molecule has 1 N–H and O–H groups in total. The summed E-state index contributed by atoms with van der Waals surface area (Å²) in [5, 5.41) is 10.5. The molecule has 1 unspecified atom stereocenters. The van der Waals surface area contributed by atoms with E-state index in [4.69, 9.17) is 4.74 Å². The van der Waals surface area contributed by atoms with Gasteiger partial charge < -0.3 is 9.84 Å². The maximum Gasteiger partial charge on any atom is 0.120 e. The number of benzene rings is 2. The molecule has 2 aromatic rings. The van der Waals surface area contributed by atoms with Crippen LogP contribution in [0.3, 0.4) is 0 Å². The molecule has 0 radical (unpaired) electrons. The van der Waals surface area contributed by atoms with Crippen LogP contribution in [0.15, 0.2) is 53.4 Å². The molecule has 0 bridgehead atoms. The Hall–Kier alpha value is -1.45. The second-order valence-corrected chi connectivity index (χ2v) is 5.79. The summed E-state index contributed by atoms with van der Waals surface area (Å²) in [7, 11) is 0. The van der Waals surface area contributed by atoms with Crippen molar-refractivity contribution in [1.82, 2.24) is 0 Å². The van der Waals surface area contributed by atoms with Gasteiger partial charge in [0.05, 0.1) is 6.10 Å². The van der Waals surface area contributed by atoms with Crippen LogP contribution < -0.4 is 4.74 Å². The fraction of sp³-hybridized carbons (Fsp3) is 0.294. The molecule has 0 heterocycles. The van der Waals surface area contributed by atoms with Gasteiger partial charge in [-0.15, -0.1) is 11.8 Å². The monoisotopic (exact) mass is 288 g/mol. The van der Waals surface area contributed by atoms with Gasteiger partial charge in [0.15, 0.2) is 0 Å². The molecular weight excluding hydrogens is 268 g/mol. The third-order valence-corrected chi connectivity index (χ3v) is 3.72. The van der Waals surface area contributed by atoms with Gasteiger partial charge in [0.1, 0.15) is 11.9 Å². The average molecular weight is 288 g/mol. The molecule has 0 amide bonds. The third kappa shape index (κ3) is 3.78. The molecule has 2 nitrogen and oxygen atoms in total. The van der Waals surface area contributed by atoms with E-state index in [9.17, 15) is 5.11 Å². The van der Waals surface area contributed by atoms with Gasteiger partial charge in [0, 0.05) is 4.90 Å². The molecule has 0 aliphatic rings. The Kier molecular flexibility index (Phi) is 5.10. The van der Waals surface area contributed by atoms with Crippen LogP contribution >= 0.6 is 11.8 Å². The summed E-state index contributed by atoms with van der Waals surface area (Å²) >= 11 is 1.69. The van der Waals surface area contributed by atoms with Crippen molar-refractivity contribution in [2.45, 2.75) is 31.0 Å². The molecule has 2 rings (SSSR count). The van der Waals surface area contributed by atoms with Crippen molar-refractivity contribution in [2.24, 2.45) is 0 Å². The molecule has 106 valence electrons. The zero-order chi connectivity index (χ0) is 14.5. The second-order valence-electron chi connectivity index (χ2n) is 4.91. The molecule has 0 saturated heterocycles. The van der Waals surface area contributed by atoms with E-state index in [0.717, 1.165) is 16.9 Å². The number of thioether (sulfide) groups is 1. The minimum absolute atomic E-state index is 0.128. The Morgan fingerprint density at radius 3 is 2.30 bits per heavy atom. The van der Waals surface area contributed by atoms with E-state index in [1.54, 1.807) is 11.8 Å². The Balaban J connectivity index is 2.20. The number of rotatable bonds is 5. The van der Waals surface area contributed by atoms with Crippen LogP contribution in [-0.4, -0.2) is 17.5 Å². The molecule has 2 aromatic carbocycles. The first kappa shape index (κ1) is 14.9. The van der Waals surface area contributed by atoms with Gasteiger partial charge in [-0.25, -0.2) is 0 Å². The van der Waals surface area contributed by atoms with Gasteiger partial charge in [-0.2, -0.15) is 0 Å².